The van der Waals surface area contributed by atoms with E-state index in [1.807, 2.05) is 10.9 Å². The predicted octanol–water partition coefficient (Wildman–Crippen LogP) is 1.47. The molecule has 0 radical (unpaired) electrons. The summed E-state index contributed by atoms with van der Waals surface area (Å²) in [6.45, 7) is 8.51. The third-order valence-electron chi connectivity index (χ3n) is 2.38. The zero-order valence-electron chi connectivity index (χ0n) is 11.1. The van der Waals surface area contributed by atoms with E-state index in [9.17, 15) is 0 Å². The molecular weight excluding hydrogens is 218 g/mol. The maximum Gasteiger partial charge on any atom is 0.157 e. The second-order valence-corrected chi connectivity index (χ2v) is 4.25. The SMILES string of the molecule is CCNCC(COC)Oc1cnn(C(C)C)c1. The molecule has 0 aliphatic rings. The molecule has 1 atom stereocenters. The molecule has 0 aliphatic heterocycles. The van der Waals surface area contributed by atoms with Crippen LogP contribution in [-0.2, 0) is 4.74 Å². The van der Waals surface area contributed by atoms with E-state index in [-0.39, 0.29) is 6.10 Å². The first-order valence-electron chi connectivity index (χ1n) is 6.07. The molecule has 0 fully saturated rings. The number of ether oxygens (including phenoxy) is 2. The highest BCUT2D eigenvalue weighted by Crippen LogP contribution is 2.14. The van der Waals surface area contributed by atoms with Gasteiger partial charge >= 0.3 is 0 Å². The van der Waals surface area contributed by atoms with Gasteiger partial charge in [-0.2, -0.15) is 5.10 Å². The van der Waals surface area contributed by atoms with Gasteiger partial charge in [-0.3, -0.25) is 4.68 Å². The first-order valence-corrected chi connectivity index (χ1v) is 6.07. The van der Waals surface area contributed by atoms with Gasteiger partial charge < -0.3 is 14.8 Å². The number of methoxy groups -OCH3 is 1. The Hall–Kier alpha value is -1.07. The standard InChI is InChI=1S/C12H23N3O2/c1-5-13-6-12(9-16-4)17-11-7-14-15(8-11)10(2)3/h7-8,10,12-13H,5-6,9H2,1-4H3. The van der Waals surface area contributed by atoms with Crippen molar-refractivity contribution >= 4 is 0 Å². The van der Waals surface area contributed by atoms with E-state index in [1.165, 1.54) is 0 Å². The van der Waals surface area contributed by atoms with E-state index in [0.717, 1.165) is 18.8 Å². The molecule has 17 heavy (non-hydrogen) atoms. The number of nitrogens with one attached hydrogen (secondary N) is 1. The third kappa shape index (κ3) is 4.75. The van der Waals surface area contributed by atoms with E-state index in [1.54, 1.807) is 13.3 Å². The molecule has 1 unspecified atom stereocenters. The molecule has 0 aliphatic carbocycles. The minimum atomic E-state index is 0.0183. The Kier molecular flexibility index (Phi) is 6.00. The zero-order valence-corrected chi connectivity index (χ0v) is 11.1. The molecule has 0 amide bonds. The monoisotopic (exact) mass is 241 g/mol. The average molecular weight is 241 g/mol. The van der Waals surface area contributed by atoms with Crippen LogP contribution in [0.1, 0.15) is 26.8 Å². The van der Waals surface area contributed by atoms with E-state index in [2.05, 4.69) is 31.2 Å². The van der Waals surface area contributed by atoms with Gasteiger partial charge in [-0.1, -0.05) is 6.92 Å². The maximum atomic E-state index is 5.82. The molecular formula is C12H23N3O2. The summed E-state index contributed by atoms with van der Waals surface area (Å²) in [6, 6.07) is 0.349. The van der Waals surface area contributed by atoms with Gasteiger partial charge in [0.25, 0.3) is 0 Å². The summed E-state index contributed by atoms with van der Waals surface area (Å²) in [4.78, 5) is 0. The zero-order chi connectivity index (χ0) is 12.7. The molecule has 5 heteroatoms. The lowest BCUT2D eigenvalue weighted by Gasteiger charge is -2.17. The molecule has 0 bridgehead atoms. The molecule has 98 valence electrons. The van der Waals surface area contributed by atoms with Crippen LogP contribution in [-0.4, -0.2) is 42.7 Å². The maximum absolute atomic E-state index is 5.82. The van der Waals surface area contributed by atoms with Gasteiger partial charge in [0.1, 0.15) is 6.10 Å². The number of rotatable bonds is 8. The fourth-order valence-corrected chi connectivity index (χ4v) is 1.48. The number of hydrogen-bond acceptors (Lipinski definition) is 4. The van der Waals surface area contributed by atoms with Gasteiger partial charge in [-0.25, -0.2) is 0 Å². The number of likely N-dealkylation sites (N-methyl/N-ethyl adjacent to an activating group) is 1. The van der Waals surface area contributed by atoms with Crippen molar-refractivity contribution in [3.05, 3.63) is 12.4 Å². The van der Waals surface area contributed by atoms with Crippen LogP contribution in [0.25, 0.3) is 0 Å². The summed E-state index contributed by atoms with van der Waals surface area (Å²) in [5.41, 5.74) is 0. The van der Waals surface area contributed by atoms with Crippen molar-refractivity contribution in [3.63, 3.8) is 0 Å². The Labute approximate surface area is 103 Å². The lowest BCUT2D eigenvalue weighted by atomic mass is 10.3. The third-order valence-corrected chi connectivity index (χ3v) is 2.38. The fraction of sp³-hybridized carbons (Fsp3) is 0.750. The van der Waals surface area contributed by atoms with Gasteiger partial charge in [0, 0.05) is 19.7 Å². The Morgan fingerprint density at radius 2 is 2.24 bits per heavy atom. The van der Waals surface area contributed by atoms with Gasteiger partial charge in [0.05, 0.1) is 19.0 Å². The smallest absolute Gasteiger partial charge is 0.157 e. The molecule has 1 heterocycles. The fourth-order valence-electron chi connectivity index (χ4n) is 1.48. The van der Waals surface area contributed by atoms with Crippen LogP contribution < -0.4 is 10.1 Å². The van der Waals surface area contributed by atoms with Crippen LogP contribution in [0.4, 0.5) is 0 Å². The summed E-state index contributed by atoms with van der Waals surface area (Å²) >= 11 is 0. The van der Waals surface area contributed by atoms with Crippen molar-refractivity contribution in [2.75, 3.05) is 26.8 Å². The molecule has 1 N–H and O–H groups in total. The van der Waals surface area contributed by atoms with Crippen LogP contribution >= 0.6 is 0 Å². The second-order valence-electron chi connectivity index (χ2n) is 4.25. The highest BCUT2D eigenvalue weighted by molar-refractivity contribution is 5.12. The largest absolute Gasteiger partial charge is 0.483 e. The van der Waals surface area contributed by atoms with Crippen LogP contribution in [0.3, 0.4) is 0 Å². The first-order chi connectivity index (χ1) is 8.17. The van der Waals surface area contributed by atoms with Gasteiger partial charge in [0.15, 0.2) is 5.75 Å². The summed E-state index contributed by atoms with van der Waals surface area (Å²) in [7, 11) is 1.68. The van der Waals surface area contributed by atoms with Gasteiger partial charge in [-0.15, -0.1) is 0 Å². The van der Waals surface area contributed by atoms with E-state index in [4.69, 9.17) is 9.47 Å². The molecule has 1 aromatic rings. The van der Waals surface area contributed by atoms with Crippen molar-refractivity contribution in [2.24, 2.45) is 0 Å². The highest BCUT2D eigenvalue weighted by Gasteiger charge is 2.11. The van der Waals surface area contributed by atoms with E-state index in [0.29, 0.717) is 12.6 Å². The molecule has 0 saturated heterocycles. The van der Waals surface area contributed by atoms with Crippen molar-refractivity contribution < 1.29 is 9.47 Å². The lowest BCUT2D eigenvalue weighted by molar-refractivity contribution is 0.0809. The summed E-state index contributed by atoms with van der Waals surface area (Å²) in [6.07, 6.45) is 3.68. The number of aromatic nitrogens is 2. The number of hydrogen-bond donors (Lipinski definition) is 1. The molecule has 0 aromatic carbocycles. The van der Waals surface area contributed by atoms with Gasteiger partial charge in [-0.05, 0) is 20.4 Å². The first kappa shape index (κ1) is 14.0. The minimum absolute atomic E-state index is 0.0183. The van der Waals surface area contributed by atoms with Crippen LogP contribution in [0.5, 0.6) is 5.75 Å². The van der Waals surface area contributed by atoms with Crippen LogP contribution in [0.15, 0.2) is 12.4 Å². The van der Waals surface area contributed by atoms with Crippen LogP contribution in [0, 0.1) is 0 Å². The summed E-state index contributed by atoms with van der Waals surface area (Å²) < 4.78 is 12.8. The highest BCUT2D eigenvalue weighted by atomic mass is 16.5. The normalized spacial score (nSPS) is 13.0. The van der Waals surface area contributed by atoms with Crippen molar-refractivity contribution in [3.8, 4) is 5.75 Å². The molecule has 1 rings (SSSR count). The summed E-state index contributed by atoms with van der Waals surface area (Å²) in [5, 5.41) is 7.49. The second kappa shape index (κ2) is 7.29. The lowest BCUT2D eigenvalue weighted by Crippen LogP contribution is -2.34. The Morgan fingerprint density at radius 3 is 2.76 bits per heavy atom. The summed E-state index contributed by atoms with van der Waals surface area (Å²) in [5.74, 6) is 0.790. The quantitative estimate of drug-likeness (QED) is 0.748. The minimum Gasteiger partial charge on any atom is -0.483 e. The van der Waals surface area contributed by atoms with Crippen molar-refractivity contribution in [1.29, 1.82) is 0 Å². The van der Waals surface area contributed by atoms with Crippen molar-refractivity contribution in [1.82, 2.24) is 15.1 Å². The molecule has 0 spiro atoms. The topological polar surface area (TPSA) is 48.3 Å². The molecule has 5 nitrogen and oxygen atoms in total. The Bertz CT molecular complexity index is 312. The Morgan fingerprint density at radius 1 is 1.47 bits per heavy atom. The van der Waals surface area contributed by atoms with E-state index < -0.39 is 0 Å². The Balaban J connectivity index is 2.52. The van der Waals surface area contributed by atoms with Crippen LogP contribution in [0.2, 0.25) is 0 Å². The molecule has 0 saturated carbocycles. The van der Waals surface area contributed by atoms with E-state index >= 15 is 0 Å². The van der Waals surface area contributed by atoms with Gasteiger partial charge in [0.2, 0.25) is 0 Å². The van der Waals surface area contributed by atoms with Crippen molar-refractivity contribution in [2.45, 2.75) is 32.9 Å². The predicted molar refractivity (Wildman–Crippen MR) is 67.4 cm³/mol. The molecule has 1 aromatic heterocycles. The number of nitrogens with zero attached hydrogens (tertiary/aromatic N) is 2. The average Bonchev–Trinajstić information content (AvgIpc) is 2.75.